The van der Waals surface area contributed by atoms with Crippen molar-refractivity contribution < 1.29 is 10.2 Å². The minimum Gasteiger partial charge on any atom is -0.516 e. The lowest BCUT2D eigenvalue weighted by Crippen LogP contribution is -1.85. The Morgan fingerprint density at radius 2 is 0.850 bits per heavy atom. The van der Waals surface area contributed by atoms with Crippen LogP contribution >= 0.6 is 0 Å². The molecule has 0 aliphatic rings. The molecular weight excluding hydrogens is 248 g/mol. The van der Waals surface area contributed by atoms with Gasteiger partial charge < -0.3 is 10.2 Å². The molecule has 0 heterocycles. The van der Waals surface area contributed by atoms with Crippen LogP contribution in [0.1, 0.15) is 96.3 Å². The van der Waals surface area contributed by atoms with Crippen molar-refractivity contribution in [2.24, 2.45) is 0 Å². The number of hydrogen-bond acceptors (Lipinski definition) is 2. The van der Waals surface area contributed by atoms with E-state index in [2.05, 4.69) is 0 Å². The molecule has 120 valence electrons. The first-order valence-corrected chi connectivity index (χ1v) is 8.82. The van der Waals surface area contributed by atoms with Gasteiger partial charge in [-0.05, 0) is 19.3 Å². The fourth-order valence-electron chi connectivity index (χ4n) is 2.57. The highest BCUT2D eigenvalue weighted by molar-refractivity contribution is 4.70. The van der Waals surface area contributed by atoms with E-state index >= 15 is 0 Å². The van der Waals surface area contributed by atoms with Crippen LogP contribution in [0.15, 0.2) is 12.3 Å². The molecule has 0 aromatic rings. The van der Waals surface area contributed by atoms with Crippen LogP contribution in [0.5, 0.6) is 0 Å². The van der Waals surface area contributed by atoms with Crippen LogP contribution in [-0.4, -0.2) is 16.8 Å². The molecule has 0 bridgehead atoms. The third kappa shape index (κ3) is 17.5. The van der Waals surface area contributed by atoms with Crippen molar-refractivity contribution in [2.75, 3.05) is 6.61 Å². The first-order chi connectivity index (χ1) is 9.91. The molecule has 0 radical (unpaired) electrons. The Morgan fingerprint density at radius 3 is 1.20 bits per heavy atom. The summed E-state index contributed by atoms with van der Waals surface area (Å²) in [4.78, 5) is 0. The molecule has 0 spiro atoms. The average Bonchev–Trinajstić information content (AvgIpc) is 2.47. The van der Waals surface area contributed by atoms with Crippen molar-refractivity contribution in [2.45, 2.75) is 96.3 Å². The smallest absolute Gasteiger partial charge is 0.0751 e. The van der Waals surface area contributed by atoms with Crippen LogP contribution < -0.4 is 0 Å². The van der Waals surface area contributed by atoms with Gasteiger partial charge in [0.15, 0.2) is 0 Å². The highest BCUT2D eigenvalue weighted by Gasteiger charge is 1.94. The Kier molecular flexibility index (Phi) is 18.0. The Bertz CT molecular complexity index is 190. The molecule has 0 unspecified atom stereocenters. The maximum atomic E-state index is 8.67. The molecule has 2 N–H and O–H groups in total. The minimum atomic E-state index is 0.359. The van der Waals surface area contributed by atoms with Gasteiger partial charge in [-0.25, -0.2) is 0 Å². The first-order valence-electron chi connectivity index (χ1n) is 8.82. The molecule has 0 aromatic carbocycles. The van der Waals surface area contributed by atoms with Crippen LogP contribution in [0.2, 0.25) is 0 Å². The number of rotatable bonds is 16. The standard InChI is InChI=1S/C18H36O2/c19-17-15-13-11-9-7-5-3-1-2-4-6-8-10-12-14-16-18-20/h15,17,19-20H,1-14,16,18H2. The lowest BCUT2D eigenvalue weighted by Gasteiger charge is -2.03. The number of aliphatic hydroxyl groups excluding tert-OH is 2. The third-order valence-corrected chi connectivity index (χ3v) is 3.88. The van der Waals surface area contributed by atoms with E-state index in [1.807, 2.05) is 6.08 Å². The number of unbranched alkanes of at least 4 members (excludes halogenated alkanes) is 14. The molecule has 0 amide bonds. The van der Waals surface area contributed by atoms with Gasteiger partial charge in [-0.1, -0.05) is 83.1 Å². The van der Waals surface area contributed by atoms with Crippen LogP contribution in [0.25, 0.3) is 0 Å². The third-order valence-electron chi connectivity index (χ3n) is 3.88. The minimum absolute atomic E-state index is 0.359. The summed E-state index contributed by atoms with van der Waals surface area (Å²) in [5.74, 6) is 0. The Labute approximate surface area is 126 Å². The quantitative estimate of drug-likeness (QED) is 0.273. The maximum Gasteiger partial charge on any atom is 0.0751 e. The number of allylic oxidation sites excluding steroid dienone is 1. The molecule has 2 heteroatoms. The fourth-order valence-corrected chi connectivity index (χ4v) is 2.57. The molecular formula is C18H36O2. The van der Waals surface area contributed by atoms with Crippen LogP contribution in [0.4, 0.5) is 0 Å². The molecule has 0 aliphatic carbocycles. The maximum absolute atomic E-state index is 8.67. The van der Waals surface area contributed by atoms with Crippen molar-refractivity contribution in [1.82, 2.24) is 0 Å². The van der Waals surface area contributed by atoms with E-state index in [0.29, 0.717) is 6.61 Å². The molecule has 0 aliphatic heterocycles. The lowest BCUT2D eigenvalue weighted by atomic mass is 10.0. The molecule has 0 saturated heterocycles. The summed E-state index contributed by atoms with van der Waals surface area (Å²) >= 11 is 0. The Balaban J connectivity index is 2.92. The van der Waals surface area contributed by atoms with Crippen molar-refractivity contribution >= 4 is 0 Å². The van der Waals surface area contributed by atoms with Gasteiger partial charge in [0.2, 0.25) is 0 Å². The van der Waals surface area contributed by atoms with Crippen LogP contribution in [0, 0.1) is 0 Å². The van der Waals surface area contributed by atoms with Gasteiger partial charge in [-0.3, -0.25) is 0 Å². The summed E-state index contributed by atoms with van der Waals surface area (Å²) in [5.41, 5.74) is 0. The largest absolute Gasteiger partial charge is 0.516 e. The van der Waals surface area contributed by atoms with Crippen LogP contribution in [0.3, 0.4) is 0 Å². The summed E-state index contributed by atoms with van der Waals surface area (Å²) in [6, 6.07) is 0. The van der Waals surface area contributed by atoms with E-state index in [1.165, 1.54) is 83.5 Å². The zero-order valence-corrected chi connectivity index (χ0v) is 13.4. The highest BCUT2D eigenvalue weighted by atomic mass is 16.3. The van der Waals surface area contributed by atoms with Crippen molar-refractivity contribution in [3.8, 4) is 0 Å². The average molecular weight is 284 g/mol. The van der Waals surface area contributed by atoms with E-state index in [1.54, 1.807) is 0 Å². The lowest BCUT2D eigenvalue weighted by molar-refractivity contribution is 0.282. The molecule has 0 fully saturated rings. The summed E-state index contributed by atoms with van der Waals surface area (Å²) < 4.78 is 0. The predicted molar refractivity (Wildman–Crippen MR) is 88.1 cm³/mol. The first kappa shape index (κ1) is 19.5. The van der Waals surface area contributed by atoms with E-state index < -0.39 is 0 Å². The van der Waals surface area contributed by atoms with Crippen molar-refractivity contribution in [1.29, 1.82) is 0 Å². The molecule has 0 rings (SSSR count). The number of hydrogen-bond donors (Lipinski definition) is 2. The fraction of sp³-hybridized carbons (Fsp3) is 0.889. The van der Waals surface area contributed by atoms with Gasteiger partial charge in [-0.2, -0.15) is 0 Å². The summed E-state index contributed by atoms with van der Waals surface area (Å²) in [5, 5.41) is 17.2. The van der Waals surface area contributed by atoms with E-state index in [9.17, 15) is 0 Å². The summed E-state index contributed by atoms with van der Waals surface area (Å²) in [6.45, 7) is 0.359. The number of aliphatic hydroxyl groups is 2. The molecule has 20 heavy (non-hydrogen) atoms. The zero-order chi connectivity index (χ0) is 14.7. The van der Waals surface area contributed by atoms with Gasteiger partial charge in [0.25, 0.3) is 0 Å². The van der Waals surface area contributed by atoms with Crippen LogP contribution in [-0.2, 0) is 0 Å². The second-order valence-corrected chi connectivity index (χ2v) is 5.85. The molecule has 2 nitrogen and oxygen atoms in total. The van der Waals surface area contributed by atoms with E-state index in [0.717, 1.165) is 19.1 Å². The normalized spacial score (nSPS) is 11.4. The molecule has 0 saturated carbocycles. The van der Waals surface area contributed by atoms with Gasteiger partial charge in [-0.15, -0.1) is 0 Å². The van der Waals surface area contributed by atoms with Gasteiger partial charge in [0, 0.05) is 6.61 Å². The molecule has 0 aromatic heterocycles. The van der Waals surface area contributed by atoms with Crippen molar-refractivity contribution in [3.63, 3.8) is 0 Å². The van der Waals surface area contributed by atoms with E-state index in [-0.39, 0.29) is 0 Å². The predicted octanol–water partition coefficient (Wildman–Crippen LogP) is 5.90. The summed E-state index contributed by atoms with van der Waals surface area (Å²) in [6.07, 6.45) is 22.5. The highest BCUT2D eigenvalue weighted by Crippen LogP contribution is 2.13. The van der Waals surface area contributed by atoms with E-state index in [4.69, 9.17) is 10.2 Å². The molecule has 0 atom stereocenters. The SMILES string of the molecule is OC=CCCCCCCCCCCCCCCCCO. The van der Waals surface area contributed by atoms with Gasteiger partial charge >= 0.3 is 0 Å². The monoisotopic (exact) mass is 284 g/mol. The Morgan fingerprint density at radius 1 is 0.500 bits per heavy atom. The zero-order valence-electron chi connectivity index (χ0n) is 13.4. The Hall–Kier alpha value is -0.500. The second-order valence-electron chi connectivity index (χ2n) is 5.85. The van der Waals surface area contributed by atoms with Crippen molar-refractivity contribution in [3.05, 3.63) is 12.3 Å². The topological polar surface area (TPSA) is 40.5 Å². The van der Waals surface area contributed by atoms with Gasteiger partial charge in [0.1, 0.15) is 0 Å². The summed E-state index contributed by atoms with van der Waals surface area (Å²) in [7, 11) is 0. The second kappa shape index (κ2) is 18.5. The van der Waals surface area contributed by atoms with Gasteiger partial charge in [0.05, 0.1) is 6.26 Å².